The SMILES string of the molecule is CCC(CNC(=NC)NC1CC=CC1)Oc1ccccc1.I. The number of nitrogens with one attached hydrogen (secondary N) is 2. The van der Waals surface area contributed by atoms with E-state index in [1.165, 1.54) is 0 Å². The Morgan fingerprint density at radius 2 is 1.95 bits per heavy atom. The van der Waals surface area contributed by atoms with Crippen molar-refractivity contribution < 1.29 is 4.74 Å². The van der Waals surface area contributed by atoms with Gasteiger partial charge in [-0.05, 0) is 31.4 Å². The molecule has 0 heterocycles. The lowest BCUT2D eigenvalue weighted by Crippen LogP contribution is -2.45. The minimum Gasteiger partial charge on any atom is -0.489 e. The van der Waals surface area contributed by atoms with E-state index in [2.05, 4.69) is 34.7 Å². The molecule has 0 aromatic heterocycles. The van der Waals surface area contributed by atoms with Gasteiger partial charge in [-0.1, -0.05) is 37.3 Å². The van der Waals surface area contributed by atoms with Gasteiger partial charge >= 0.3 is 0 Å². The monoisotopic (exact) mass is 415 g/mol. The molecule has 1 unspecified atom stereocenters. The highest BCUT2D eigenvalue weighted by molar-refractivity contribution is 14.0. The maximum absolute atomic E-state index is 5.97. The van der Waals surface area contributed by atoms with Crippen LogP contribution in [-0.2, 0) is 0 Å². The third-order valence-corrected chi connectivity index (χ3v) is 3.57. The standard InChI is InChI=1S/C17H25N3O.HI/c1-3-15(21-16-11-5-4-6-12-16)13-19-17(18-2)20-14-9-7-8-10-14;/h4-8,11-12,14-15H,3,9-10,13H2,1-2H3,(H2,18,19,20);1H. The van der Waals surface area contributed by atoms with E-state index in [0.717, 1.165) is 37.5 Å². The molecule has 0 radical (unpaired) electrons. The molecule has 5 heteroatoms. The van der Waals surface area contributed by atoms with Crippen molar-refractivity contribution in [1.29, 1.82) is 0 Å². The molecule has 4 nitrogen and oxygen atoms in total. The molecule has 1 aromatic rings. The van der Waals surface area contributed by atoms with E-state index in [9.17, 15) is 0 Å². The minimum absolute atomic E-state index is 0. The molecule has 1 aromatic carbocycles. The summed E-state index contributed by atoms with van der Waals surface area (Å²) >= 11 is 0. The van der Waals surface area contributed by atoms with E-state index in [1.54, 1.807) is 7.05 Å². The smallest absolute Gasteiger partial charge is 0.191 e. The van der Waals surface area contributed by atoms with Crippen LogP contribution in [0.5, 0.6) is 5.75 Å². The van der Waals surface area contributed by atoms with Crippen LogP contribution in [0.15, 0.2) is 47.5 Å². The predicted octanol–water partition coefficient (Wildman–Crippen LogP) is 3.35. The van der Waals surface area contributed by atoms with Gasteiger partial charge in [-0.2, -0.15) is 0 Å². The molecule has 1 aliphatic rings. The van der Waals surface area contributed by atoms with Gasteiger partial charge in [0.25, 0.3) is 0 Å². The Bertz CT molecular complexity index is 468. The Kier molecular flexibility index (Phi) is 8.96. The summed E-state index contributed by atoms with van der Waals surface area (Å²) in [5.74, 6) is 1.76. The van der Waals surface area contributed by atoms with Crippen LogP contribution in [0.3, 0.4) is 0 Å². The quantitative estimate of drug-likeness (QED) is 0.324. The zero-order chi connectivity index (χ0) is 14.9. The maximum Gasteiger partial charge on any atom is 0.191 e. The fourth-order valence-electron chi connectivity index (χ4n) is 2.29. The van der Waals surface area contributed by atoms with Gasteiger partial charge in [-0.25, -0.2) is 0 Å². The lowest BCUT2D eigenvalue weighted by molar-refractivity contribution is 0.199. The Balaban J connectivity index is 0.00000242. The fraction of sp³-hybridized carbons (Fsp3) is 0.471. The minimum atomic E-state index is 0. The maximum atomic E-state index is 5.97. The van der Waals surface area contributed by atoms with Gasteiger partial charge in [0.05, 0.1) is 6.54 Å². The van der Waals surface area contributed by atoms with Crippen molar-refractivity contribution in [3.63, 3.8) is 0 Å². The first-order valence-electron chi connectivity index (χ1n) is 7.65. The Hall–Kier alpha value is -1.24. The van der Waals surface area contributed by atoms with Gasteiger partial charge in [-0.3, -0.25) is 4.99 Å². The second kappa shape index (κ2) is 10.5. The number of nitrogens with zero attached hydrogens (tertiary/aromatic N) is 1. The zero-order valence-corrected chi connectivity index (χ0v) is 15.6. The number of aliphatic imine (C=N–C) groups is 1. The molecule has 0 aliphatic heterocycles. The Labute approximate surface area is 150 Å². The molecular formula is C17H26IN3O. The highest BCUT2D eigenvalue weighted by Gasteiger charge is 2.13. The van der Waals surface area contributed by atoms with Crippen LogP contribution in [0.2, 0.25) is 0 Å². The molecular weight excluding hydrogens is 389 g/mol. The van der Waals surface area contributed by atoms with Crippen LogP contribution in [0.1, 0.15) is 26.2 Å². The first kappa shape index (κ1) is 18.8. The molecule has 1 atom stereocenters. The van der Waals surface area contributed by atoms with Crippen LogP contribution < -0.4 is 15.4 Å². The lowest BCUT2D eigenvalue weighted by Gasteiger charge is -2.21. The van der Waals surface area contributed by atoms with Gasteiger partial charge in [0.2, 0.25) is 0 Å². The summed E-state index contributed by atoms with van der Waals surface area (Å²) in [6.45, 7) is 2.87. The van der Waals surface area contributed by atoms with Crippen LogP contribution in [-0.4, -0.2) is 31.7 Å². The number of para-hydroxylation sites is 1. The Morgan fingerprint density at radius 3 is 2.55 bits per heavy atom. The molecule has 0 fully saturated rings. The summed E-state index contributed by atoms with van der Waals surface area (Å²) in [6.07, 6.45) is 7.63. The van der Waals surface area contributed by atoms with E-state index >= 15 is 0 Å². The van der Waals surface area contributed by atoms with Crippen molar-refractivity contribution in [2.24, 2.45) is 4.99 Å². The van der Waals surface area contributed by atoms with Crippen molar-refractivity contribution in [2.45, 2.75) is 38.3 Å². The van der Waals surface area contributed by atoms with Crippen LogP contribution >= 0.6 is 24.0 Å². The van der Waals surface area contributed by atoms with Crippen molar-refractivity contribution in [3.05, 3.63) is 42.5 Å². The van der Waals surface area contributed by atoms with Crippen molar-refractivity contribution in [1.82, 2.24) is 10.6 Å². The number of guanidine groups is 1. The summed E-state index contributed by atoms with van der Waals surface area (Å²) in [4.78, 5) is 4.28. The average molecular weight is 415 g/mol. The molecule has 2 N–H and O–H groups in total. The average Bonchev–Trinajstić information content (AvgIpc) is 3.04. The third-order valence-electron chi connectivity index (χ3n) is 3.57. The molecule has 0 amide bonds. The second-order valence-corrected chi connectivity index (χ2v) is 5.20. The van der Waals surface area contributed by atoms with Crippen molar-refractivity contribution >= 4 is 29.9 Å². The molecule has 0 bridgehead atoms. The van der Waals surface area contributed by atoms with E-state index in [-0.39, 0.29) is 30.1 Å². The summed E-state index contributed by atoms with van der Waals surface area (Å²) in [5.41, 5.74) is 0. The van der Waals surface area contributed by atoms with Gasteiger partial charge in [0, 0.05) is 13.1 Å². The fourth-order valence-corrected chi connectivity index (χ4v) is 2.29. The number of benzene rings is 1. The normalized spacial score (nSPS) is 16.0. The summed E-state index contributed by atoms with van der Waals surface area (Å²) in [5, 5.41) is 6.78. The highest BCUT2D eigenvalue weighted by Crippen LogP contribution is 2.12. The van der Waals surface area contributed by atoms with E-state index in [0.29, 0.717) is 6.04 Å². The van der Waals surface area contributed by atoms with Crippen LogP contribution in [0.4, 0.5) is 0 Å². The van der Waals surface area contributed by atoms with Crippen LogP contribution in [0, 0.1) is 0 Å². The van der Waals surface area contributed by atoms with E-state index in [4.69, 9.17) is 4.74 Å². The molecule has 22 heavy (non-hydrogen) atoms. The molecule has 0 saturated carbocycles. The Morgan fingerprint density at radius 1 is 1.27 bits per heavy atom. The molecule has 0 saturated heterocycles. The first-order valence-corrected chi connectivity index (χ1v) is 7.65. The van der Waals surface area contributed by atoms with Gasteiger partial charge < -0.3 is 15.4 Å². The van der Waals surface area contributed by atoms with Crippen molar-refractivity contribution in [2.75, 3.05) is 13.6 Å². The number of hydrogen-bond donors (Lipinski definition) is 2. The first-order chi connectivity index (χ1) is 10.3. The van der Waals surface area contributed by atoms with Crippen molar-refractivity contribution in [3.8, 4) is 5.75 Å². The van der Waals surface area contributed by atoms with Gasteiger partial charge in [0.1, 0.15) is 11.9 Å². The largest absolute Gasteiger partial charge is 0.489 e. The topological polar surface area (TPSA) is 45.7 Å². The highest BCUT2D eigenvalue weighted by atomic mass is 127. The second-order valence-electron chi connectivity index (χ2n) is 5.20. The molecule has 122 valence electrons. The number of halogens is 1. The third kappa shape index (κ3) is 6.25. The van der Waals surface area contributed by atoms with Gasteiger partial charge in [0.15, 0.2) is 5.96 Å². The molecule has 0 spiro atoms. The lowest BCUT2D eigenvalue weighted by atomic mass is 10.2. The summed E-state index contributed by atoms with van der Waals surface area (Å²) in [6, 6.07) is 10.4. The van der Waals surface area contributed by atoms with E-state index in [1.807, 2.05) is 30.3 Å². The zero-order valence-electron chi connectivity index (χ0n) is 13.3. The molecule has 1 aliphatic carbocycles. The number of hydrogen-bond acceptors (Lipinski definition) is 2. The summed E-state index contributed by atoms with van der Waals surface area (Å²) < 4.78 is 5.97. The number of ether oxygens (including phenoxy) is 1. The van der Waals surface area contributed by atoms with Crippen LogP contribution in [0.25, 0.3) is 0 Å². The summed E-state index contributed by atoms with van der Waals surface area (Å²) in [7, 11) is 1.80. The number of rotatable bonds is 6. The predicted molar refractivity (Wildman–Crippen MR) is 103 cm³/mol. The van der Waals surface area contributed by atoms with E-state index < -0.39 is 0 Å². The van der Waals surface area contributed by atoms with Gasteiger partial charge in [-0.15, -0.1) is 24.0 Å². The molecule has 2 rings (SSSR count).